The Morgan fingerprint density at radius 2 is 0.937 bits per heavy atom. The van der Waals surface area contributed by atoms with Gasteiger partial charge in [0.2, 0.25) is 0 Å². The minimum Gasteiger partial charge on any atom is -0.477 e. The van der Waals surface area contributed by atoms with Gasteiger partial charge >= 0.3 is 17.9 Å². The molecule has 0 radical (unpaired) electrons. The van der Waals surface area contributed by atoms with E-state index in [1.165, 1.54) is 96.3 Å². The predicted molar refractivity (Wildman–Crippen MR) is 266 cm³/mol. The van der Waals surface area contributed by atoms with Crippen LogP contribution in [0.2, 0.25) is 0 Å². The molecule has 1 N–H and O–H groups in total. The number of hydrogen-bond donors (Lipinski definition) is 1. The molecule has 0 aromatic heterocycles. The average Bonchev–Trinajstić information content (AvgIpc) is 3.24. The number of quaternary nitrogens is 1. The van der Waals surface area contributed by atoms with E-state index < -0.39 is 18.1 Å². The van der Waals surface area contributed by atoms with Crippen molar-refractivity contribution in [1.82, 2.24) is 0 Å². The number of likely N-dealkylation sites (N-methyl/N-ethyl adjacent to an activating group) is 1. The van der Waals surface area contributed by atoms with Crippen molar-refractivity contribution in [2.45, 2.75) is 219 Å². The van der Waals surface area contributed by atoms with E-state index in [9.17, 15) is 19.5 Å². The molecule has 63 heavy (non-hydrogen) atoms. The van der Waals surface area contributed by atoms with E-state index in [1.54, 1.807) is 0 Å². The minimum atomic E-state index is -0.879. The standard InChI is InChI=1S/C55H95NO7/c1-6-8-10-12-14-16-18-20-22-24-26-28-30-32-34-36-38-40-42-44-46-54(58)63-51(49-61-48-47-52(55(59)60)56(3,4)5)50-62-53(57)45-43-41-39-37-35-33-31-29-27-25-23-21-19-17-15-13-11-9-7-2/h8,10,14-17,19-22,26,28,51-52H,6-7,9,11-13,18,23-25,27,29-50H2,1-5H3/p+1/b10-8+,16-14+,17-15+,21-19+,22-20+,28-26+. The molecule has 8 nitrogen and oxygen atoms in total. The minimum absolute atomic E-state index is 0.0529. The van der Waals surface area contributed by atoms with E-state index in [0.717, 1.165) is 77.0 Å². The number of nitrogens with zero attached hydrogens (tertiary/aromatic N) is 1. The van der Waals surface area contributed by atoms with Crippen molar-refractivity contribution in [2.24, 2.45) is 0 Å². The molecule has 2 atom stereocenters. The normalized spacial score (nSPS) is 13.5. The number of aliphatic carboxylic acids is 1. The van der Waals surface area contributed by atoms with Crippen LogP contribution in [0.15, 0.2) is 72.9 Å². The van der Waals surface area contributed by atoms with E-state index >= 15 is 0 Å². The van der Waals surface area contributed by atoms with Gasteiger partial charge in [-0.1, -0.05) is 183 Å². The third kappa shape index (κ3) is 43.8. The van der Waals surface area contributed by atoms with Gasteiger partial charge in [0.15, 0.2) is 12.1 Å². The highest BCUT2D eigenvalue weighted by Crippen LogP contribution is 2.15. The molecular formula is C55H96NO7+. The fourth-order valence-electron chi connectivity index (χ4n) is 7.19. The lowest BCUT2D eigenvalue weighted by atomic mass is 10.1. The smallest absolute Gasteiger partial charge is 0.362 e. The molecule has 0 aromatic carbocycles. The largest absolute Gasteiger partial charge is 0.477 e. The maximum atomic E-state index is 12.8. The first-order chi connectivity index (χ1) is 30.6. The zero-order valence-electron chi connectivity index (χ0n) is 41.3. The Bertz CT molecular complexity index is 1260. The van der Waals surface area contributed by atoms with E-state index in [1.807, 2.05) is 21.1 Å². The Labute approximate surface area is 387 Å². The van der Waals surface area contributed by atoms with Crippen LogP contribution in [0.1, 0.15) is 206 Å². The summed E-state index contributed by atoms with van der Waals surface area (Å²) >= 11 is 0. The molecule has 0 aliphatic heterocycles. The third-order valence-electron chi connectivity index (χ3n) is 11.1. The van der Waals surface area contributed by atoms with Crippen LogP contribution in [-0.2, 0) is 28.6 Å². The lowest BCUT2D eigenvalue weighted by molar-refractivity contribution is -0.887. The van der Waals surface area contributed by atoms with Gasteiger partial charge in [-0.2, -0.15) is 0 Å². The first-order valence-electron chi connectivity index (χ1n) is 25.5. The highest BCUT2D eigenvalue weighted by atomic mass is 16.6. The van der Waals surface area contributed by atoms with Crippen LogP contribution >= 0.6 is 0 Å². The average molecular weight is 883 g/mol. The summed E-state index contributed by atoms with van der Waals surface area (Å²) in [6.07, 6.45) is 58.0. The highest BCUT2D eigenvalue weighted by Gasteiger charge is 2.31. The van der Waals surface area contributed by atoms with Gasteiger partial charge in [-0.3, -0.25) is 9.59 Å². The van der Waals surface area contributed by atoms with E-state index in [0.29, 0.717) is 19.3 Å². The first-order valence-corrected chi connectivity index (χ1v) is 25.5. The van der Waals surface area contributed by atoms with Crippen LogP contribution < -0.4 is 0 Å². The molecule has 2 unspecified atom stereocenters. The second-order valence-electron chi connectivity index (χ2n) is 18.1. The lowest BCUT2D eigenvalue weighted by Crippen LogP contribution is -2.50. The molecule has 0 amide bonds. The molecule has 8 heteroatoms. The van der Waals surface area contributed by atoms with E-state index in [-0.39, 0.29) is 36.2 Å². The number of carboxylic acids is 1. The van der Waals surface area contributed by atoms with Crippen LogP contribution in [0.5, 0.6) is 0 Å². The molecule has 0 aromatic rings. The van der Waals surface area contributed by atoms with Crippen molar-refractivity contribution >= 4 is 17.9 Å². The van der Waals surface area contributed by atoms with Crippen molar-refractivity contribution in [2.75, 3.05) is 41.0 Å². The van der Waals surface area contributed by atoms with Gasteiger partial charge in [0.25, 0.3) is 0 Å². The predicted octanol–water partition coefficient (Wildman–Crippen LogP) is 14.7. The highest BCUT2D eigenvalue weighted by molar-refractivity contribution is 5.72. The molecule has 0 rings (SSSR count). The summed E-state index contributed by atoms with van der Waals surface area (Å²) < 4.78 is 17.3. The summed E-state index contributed by atoms with van der Waals surface area (Å²) in [6.45, 7) is 4.59. The van der Waals surface area contributed by atoms with Gasteiger partial charge in [0.05, 0.1) is 34.4 Å². The molecule has 0 fully saturated rings. The molecule has 0 bridgehead atoms. The molecule has 0 saturated heterocycles. The zero-order valence-corrected chi connectivity index (χ0v) is 41.3. The first kappa shape index (κ1) is 59.8. The number of carbonyl (C=O) groups is 3. The Kier molecular flexibility index (Phi) is 43.0. The van der Waals surface area contributed by atoms with Crippen LogP contribution in [-0.4, -0.2) is 80.6 Å². The van der Waals surface area contributed by atoms with Gasteiger partial charge in [-0.05, 0) is 77.0 Å². The Hall–Kier alpha value is -3.23. The number of allylic oxidation sites excluding steroid dienone is 12. The molecule has 362 valence electrons. The van der Waals surface area contributed by atoms with E-state index in [2.05, 4.69) is 86.8 Å². The molecule has 0 aliphatic rings. The van der Waals surface area contributed by atoms with Gasteiger partial charge in [-0.15, -0.1) is 0 Å². The Balaban J connectivity index is 4.28. The van der Waals surface area contributed by atoms with Crippen molar-refractivity contribution in [1.29, 1.82) is 0 Å². The van der Waals surface area contributed by atoms with Crippen LogP contribution in [0.25, 0.3) is 0 Å². The SMILES string of the molecule is CC/C=C/C/C=C/C/C=C/C/C=C/CCCCCCCCCC(=O)OC(COCCC(C(=O)O)[N+](C)(C)C)COC(=O)CCCCCCCCCCCC/C=C/C=C/CCCCC. The number of hydrogen-bond acceptors (Lipinski definition) is 6. The van der Waals surface area contributed by atoms with Crippen molar-refractivity contribution in [3.63, 3.8) is 0 Å². The summed E-state index contributed by atoms with van der Waals surface area (Å²) in [5.41, 5.74) is 0. The van der Waals surface area contributed by atoms with Gasteiger partial charge in [0.1, 0.15) is 6.61 Å². The molecule has 0 spiro atoms. The fourth-order valence-corrected chi connectivity index (χ4v) is 7.19. The monoisotopic (exact) mass is 883 g/mol. The number of carboxylic acid groups (broad SMARTS) is 1. The van der Waals surface area contributed by atoms with Crippen LogP contribution in [0, 0.1) is 0 Å². The van der Waals surface area contributed by atoms with Crippen LogP contribution in [0.4, 0.5) is 0 Å². The number of carbonyl (C=O) groups excluding carboxylic acids is 2. The summed E-state index contributed by atoms with van der Waals surface area (Å²) in [4.78, 5) is 37.2. The number of ether oxygens (including phenoxy) is 3. The number of unbranched alkanes of at least 4 members (excludes halogenated alkanes) is 20. The van der Waals surface area contributed by atoms with Gasteiger partial charge < -0.3 is 23.8 Å². The van der Waals surface area contributed by atoms with Gasteiger partial charge in [0, 0.05) is 19.3 Å². The maximum absolute atomic E-state index is 12.8. The third-order valence-corrected chi connectivity index (χ3v) is 11.1. The van der Waals surface area contributed by atoms with Crippen molar-refractivity contribution < 1.29 is 38.2 Å². The van der Waals surface area contributed by atoms with Crippen molar-refractivity contribution in [3.8, 4) is 0 Å². The summed E-state index contributed by atoms with van der Waals surface area (Å²) in [5.74, 6) is -1.49. The summed E-state index contributed by atoms with van der Waals surface area (Å²) in [6, 6.07) is -0.621. The number of esters is 2. The maximum Gasteiger partial charge on any atom is 0.362 e. The number of rotatable bonds is 45. The second-order valence-corrected chi connectivity index (χ2v) is 18.1. The summed E-state index contributed by atoms with van der Waals surface area (Å²) in [5, 5.41) is 9.65. The lowest BCUT2D eigenvalue weighted by Gasteiger charge is -2.31. The summed E-state index contributed by atoms with van der Waals surface area (Å²) in [7, 11) is 5.53. The van der Waals surface area contributed by atoms with Crippen LogP contribution in [0.3, 0.4) is 0 Å². The molecule has 0 aliphatic carbocycles. The molecule has 0 saturated carbocycles. The Morgan fingerprint density at radius 1 is 0.508 bits per heavy atom. The van der Waals surface area contributed by atoms with Crippen molar-refractivity contribution in [3.05, 3.63) is 72.9 Å². The van der Waals surface area contributed by atoms with Gasteiger partial charge in [-0.25, -0.2) is 4.79 Å². The second kappa shape index (κ2) is 45.3. The fraction of sp³-hybridized carbons (Fsp3) is 0.727. The Morgan fingerprint density at radius 3 is 1.41 bits per heavy atom. The molecule has 0 heterocycles. The van der Waals surface area contributed by atoms with E-state index in [4.69, 9.17) is 14.2 Å². The zero-order chi connectivity index (χ0) is 46.3. The molecular weight excluding hydrogens is 787 g/mol. The quantitative estimate of drug-likeness (QED) is 0.0214. The topological polar surface area (TPSA) is 99.1 Å².